The highest BCUT2D eigenvalue weighted by Crippen LogP contribution is 2.23. The Morgan fingerprint density at radius 2 is 2.17 bits per heavy atom. The number of hydrogen-bond acceptors (Lipinski definition) is 4. The second kappa shape index (κ2) is 7.50. The van der Waals surface area contributed by atoms with Crippen molar-refractivity contribution in [3.63, 3.8) is 0 Å². The van der Waals surface area contributed by atoms with Crippen LogP contribution in [0.15, 0.2) is 28.2 Å². The van der Waals surface area contributed by atoms with Crippen LogP contribution in [0.2, 0.25) is 0 Å². The van der Waals surface area contributed by atoms with Crippen molar-refractivity contribution in [3.8, 4) is 0 Å². The van der Waals surface area contributed by atoms with E-state index in [-0.39, 0.29) is 16.8 Å². The molecule has 0 saturated heterocycles. The number of anilines is 1. The van der Waals surface area contributed by atoms with Crippen molar-refractivity contribution in [3.05, 3.63) is 39.8 Å². The van der Waals surface area contributed by atoms with Crippen molar-refractivity contribution in [1.82, 2.24) is 14.8 Å². The Labute approximate surface area is 139 Å². The second-order valence-corrected chi connectivity index (χ2v) is 6.84. The lowest BCUT2D eigenvalue weighted by molar-refractivity contribution is -0.115. The summed E-state index contributed by atoms with van der Waals surface area (Å²) in [6, 6.07) is 5.90. The van der Waals surface area contributed by atoms with Gasteiger partial charge in [-0.2, -0.15) is 0 Å². The fraction of sp³-hybridized carbons (Fsp3) is 0.438. The molecule has 1 heterocycles. The maximum atomic E-state index is 12.4. The molecule has 1 aromatic heterocycles. The summed E-state index contributed by atoms with van der Waals surface area (Å²) >= 11 is 1.28. The number of benzene rings is 1. The van der Waals surface area contributed by atoms with E-state index in [1.54, 1.807) is 11.5 Å². The fourth-order valence-corrected chi connectivity index (χ4v) is 3.10. The average molecular weight is 334 g/mol. The number of amides is 1. The minimum atomic E-state index is -0.360. The van der Waals surface area contributed by atoms with E-state index in [4.69, 9.17) is 0 Å². The van der Waals surface area contributed by atoms with Gasteiger partial charge in [-0.05, 0) is 38.8 Å². The number of rotatable bonds is 6. The molecule has 2 aromatic rings. The normalized spacial score (nSPS) is 12.2. The molecule has 2 N–H and O–H groups in total. The number of carbonyl (C=O) groups is 1. The number of thioether (sulfide) groups is 1. The van der Waals surface area contributed by atoms with Gasteiger partial charge in [0.25, 0.3) is 0 Å². The number of aromatic amines is 1. The zero-order valence-electron chi connectivity index (χ0n) is 13.8. The SMILES string of the molecule is CCCn1c(SC(C)C(=O)Nc2ccc(C)cc2C)n[nH]c1=O. The van der Waals surface area contributed by atoms with E-state index in [9.17, 15) is 9.59 Å². The summed E-state index contributed by atoms with van der Waals surface area (Å²) in [7, 11) is 0. The largest absolute Gasteiger partial charge is 0.343 e. The first kappa shape index (κ1) is 17.3. The minimum absolute atomic E-state index is 0.111. The van der Waals surface area contributed by atoms with Crippen molar-refractivity contribution < 1.29 is 4.79 Å². The molecule has 0 bridgehead atoms. The zero-order valence-corrected chi connectivity index (χ0v) is 14.7. The maximum absolute atomic E-state index is 12.4. The Bertz CT molecular complexity index is 751. The third-order valence-electron chi connectivity index (χ3n) is 3.46. The predicted molar refractivity (Wildman–Crippen MR) is 93.0 cm³/mol. The number of nitrogens with zero attached hydrogens (tertiary/aromatic N) is 2. The van der Waals surface area contributed by atoms with Crippen LogP contribution in [0.1, 0.15) is 31.4 Å². The summed E-state index contributed by atoms with van der Waals surface area (Å²) < 4.78 is 1.56. The molecule has 6 nitrogen and oxygen atoms in total. The van der Waals surface area contributed by atoms with Gasteiger partial charge in [-0.3, -0.25) is 9.36 Å². The van der Waals surface area contributed by atoms with E-state index >= 15 is 0 Å². The standard InChI is InChI=1S/C16H22N4O2S/c1-5-8-20-15(22)18-19-16(20)23-12(4)14(21)17-13-7-6-10(2)9-11(13)3/h6-7,9,12H,5,8H2,1-4H3,(H,17,21)(H,18,22). The van der Waals surface area contributed by atoms with Gasteiger partial charge in [0.1, 0.15) is 0 Å². The first-order chi connectivity index (χ1) is 10.9. The Morgan fingerprint density at radius 1 is 1.43 bits per heavy atom. The number of hydrogen-bond donors (Lipinski definition) is 2. The molecule has 0 spiro atoms. The van der Waals surface area contributed by atoms with Crippen LogP contribution < -0.4 is 11.0 Å². The third-order valence-corrected chi connectivity index (χ3v) is 4.55. The summed E-state index contributed by atoms with van der Waals surface area (Å²) in [4.78, 5) is 24.1. The molecule has 124 valence electrons. The van der Waals surface area contributed by atoms with Gasteiger partial charge in [-0.15, -0.1) is 5.10 Å². The Kier molecular flexibility index (Phi) is 5.65. The van der Waals surface area contributed by atoms with Gasteiger partial charge in [0.2, 0.25) is 5.91 Å². The topological polar surface area (TPSA) is 79.8 Å². The lowest BCUT2D eigenvalue weighted by atomic mass is 10.1. The van der Waals surface area contributed by atoms with Gasteiger partial charge in [-0.25, -0.2) is 9.89 Å². The molecule has 1 amide bonds. The molecule has 0 saturated carbocycles. The van der Waals surface area contributed by atoms with Gasteiger partial charge < -0.3 is 5.32 Å². The summed E-state index contributed by atoms with van der Waals surface area (Å²) in [6.07, 6.45) is 0.830. The predicted octanol–water partition coefficient (Wildman–Crippen LogP) is 2.72. The molecule has 1 atom stereocenters. The Balaban J connectivity index is 2.07. The van der Waals surface area contributed by atoms with Gasteiger partial charge in [0.05, 0.1) is 5.25 Å². The number of carbonyl (C=O) groups excluding carboxylic acids is 1. The van der Waals surface area contributed by atoms with Gasteiger partial charge in [0.15, 0.2) is 5.16 Å². The maximum Gasteiger partial charge on any atom is 0.343 e. The highest BCUT2D eigenvalue weighted by Gasteiger charge is 2.19. The zero-order chi connectivity index (χ0) is 17.0. The van der Waals surface area contributed by atoms with Crippen molar-refractivity contribution in [2.24, 2.45) is 0 Å². The number of aromatic nitrogens is 3. The molecule has 0 aliphatic rings. The number of aryl methyl sites for hydroxylation is 2. The molecule has 23 heavy (non-hydrogen) atoms. The van der Waals surface area contributed by atoms with Gasteiger partial charge in [-0.1, -0.05) is 36.4 Å². The number of nitrogens with one attached hydrogen (secondary N) is 2. The van der Waals surface area contributed by atoms with Crippen LogP contribution in [-0.2, 0) is 11.3 Å². The van der Waals surface area contributed by atoms with E-state index in [1.165, 1.54) is 11.8 Å². The molecule has 0 aliphatic carbocycles. The lowest BCUT2D eigenvalue weighted by Crippen LogP contribution is -2.24. The van der Waals surface area contributed by atoms with Gasteiger partial charge >= 0.3 is 5.69 Å². The molecule has 0 fully saturated rings. The van der Waals surface area contributed by atoms with E-state index < -0.39 is 0 Å². The van der Waals surface area contributed by atoms with Gasteiger partial charge in [0, 0.05) is 12.2 Å². The third kappa shape index (κ3) is 4.25. The van der Waals surface area contributed by atoms with Crippen molar-refractivity contribution in [2.45, 2.75) is 51.1 Å². The lowest BCUT2D eigenvalue weighted by Gasteiger charge is -2.13. The smallest absolute Gasteiger partial charge is 0.325 e. The molecule has 7 heteroatoms. The van der Waals surface area contributed by atoms with Crippen LogP contribution in [0.4, 0.5) is 5.69 Å². The highest BCUT2D eigenvalue weighted by atomic mass is 32.2. The van der Waals surface area contributed by atoms with E-state index in [2.05, 4.69) is 15.5 Å². The first-order valence-electron chi connectivity index (χ1n) is 7.62. The number of H-pyrrole nitrogens is 1. The van der Waals surface area contributed by atoms with Crippen molar-refractivity contribution in [2.75, 3.05) is 5.32 Å². The summed E-state index contributed by atoms with van der Waals surface area (Å²) in [5.41, 5.74) is 2.75. The van der Waals surface area contributed by atoms with Crippen LogP contribution in [0.5, 0.6) is 0 Å². The summed E-state index contributed by atoms with van der Waals surface area (Å²) in [5.74, 6) is -0.111. The average Bonchev–Trinajstić information content (AvgIpc) is 2.83. The highest BCUT2D eigenvalue weighted by molar-refractivity contribution is 8.00. The van der Waals surface area contributed by atoms with Crippen LogP contribution in [0.3, 0.4) is 0 Å². The van der Waals surface area contributed by atoms with Crippen LogP contribution in [0, 0.1) is 13.8 Å². The summed E-state index contributed by atoms with van der Waals surface area (Å²) in [6.45, 7) is 8.36. The van der Waals surface area contributed by atoms with Crippen molar-refractivity contribution in [1.29, 1.82) is 0 Å². The van der Waals surface area contributed by atoms with Crippen molar-refractivity contribution >= 4 is 23.4 Å². The minimum Gasteiger partial charge on any atom is -0.325 e. The fourth-order valence-electron chi connectivity index (χ4n) is 2.21. The molecule has 0 aliphatic heterocycles. The summed E-state index contributed by atoms with van der Waals surface area (Å²) in [5, 5.41) is 9.55. The molecule has 1 unspecified atom stereocenters. The van der Waals surface area contributed by atoms with E-state index in [0.717, 1.165) is 23.2 Å². The molecular formula is C16H22N4O2S. The Hall–Kier alpha value is -2.02. The first-order valence-corrected chi connectivity index (χ1v) is 8.50. The quantitative estimate of drug-likeness (QED) is 0.796. The van der Waals surface area contributed by atoms with E-state index in [0.29, 0.717) is 11.7 Å². The monoisotopic (exact) mass is 334 g/mol. The molecule has 1 aromatic carbocycles. The van der Waals surface area contributed by atoms with Crippen LogP contribution >= 0.6 is 11.8 Å². The van der Waals surface area contributed by atoms with Crippen LogP contribution in [-0.4, -0.2) is 25.9 Å². The second-order valence-electron chi connectivity index (χ2n) is 5.53. The van der Waals surface area contributed by atoms with E-state index in [1.807, 2.05) is 39.0 Å². The Morgan fingerprint density at radius 3 is 2.83 bits per heavy atom. The van der Waals surface area contributed by atoms with Crippen LogP contribution in [0.25, 0.3) is 0 Å². The molecule has 0 radical (unpaired) electrons. The molecular weight excluding hydrogens is 312 g/mol. The molecule has 2 rings (SSSR count).